The van der Waals surface area contributed by atoms with Crippen LogP contribution in [0.3, 0.4) is 0 Å². The Labute approximate surface area is 153 Å². The molecule has 6 heteroatoms. The molecule has 1 amide bonds. The molecule has 144 valence electrons. The highest BCUT2D eigenvalue weighted by Crippen LogP contribution is 2.26. The summed E-state index contributed by atoms with van der Waals surface area (Å²) in [4.78, 5) is 20.6. The fourth-order valence-electron chi connectivity index (χ4n) is 3.61. The Morgan fingerprint density at radius 3 is 2.36 bits per heavy atom. The third kappa shape index (κ3) is 6.84. The SMILES string of the molecule is CC(C)CNC(=NCC(=O)N(C)C)NC1CCN(C2CCCC2)CC1. The first-order valence-corrected chi connectivity index (χ1v) is 9.94. The number of hydrogen-bond acceptors (Lipinski definition) is 3. The molecule has 0 aromatic rings. The van der Waals surface area contributed by atoms with Gasteiger partial charge in [-0.2, -0.15) is 0 Å². The van der Waals surface area contributed by atoms with Crippen LogP contribution in [0.1, 0.15) is 52.4 Å². The lowest BCUT2D eigenvalue weighted by Gasteiger charge is -2.36. The molecule has 2 rings (SSSR count). The second-order valence-corrected chi connectivity index (χ2v) is 8.12. The van der Waals surface area contributed by atoms with Crippen LogP contribution in [0.15, 0.2) is 4.99 Å². The molecule has 2 aliphatic rings. The number of carbonyl (C=O) groups is 1. The third-order valence-electron chi connectivity index (χ3n) is 5.26. The number of carbonyl (C=O) groups excluding carboxylic acids is 1. The van der Waals surface area contributed by atoms with E-state index in [0.29, 0.717) is 12.0 Å². The summed E-state index contributed by atoms with van der Waals surface area (Å²) in [6.45, 7) is 7.77. The van der Waals surface area contributed by atoms with E-state index in [-0.39, 0.29) is 12.5 Å². The quantitative estimate of drug-likeness (QED) is 0.565. The van der Waals surface area contributed by atoms with E-state index < -0.39 is 0 Å². The van der Waals surface area contributed by atoms with Gasteiger partial charge in [-0.3, -0.25) is 4.79 Å². The number of hydrogen-bond donors (Lipinski definition) is 2. The molecule has 0 bridgehead atoms. The van der Waals surface area contributed by atoms with Crippen LogP contribution in [0.2, 0.25) is 0 Å². The first-order chi connectivity index (χ1) is 12.0. The van der Waals surface area contributed by atoms with Gasteiger partial charge in [0.2, 0.25) is 5.91 Å². The van der Waals surface area contributed by atoms with E-state index in [0.717, 1.165) is 31.4 Å². The van der Waals surface area contributed by atoms with E-state index in [2.05, 4.69) is 34.4 Å². The number of likely N-dealkylation sites (N-methyl/N-ethyl adjacent to an activating group) is 1. The van der Waals surface area contributed by atoms with Gasteiger partial charge in [-0.15, -0.1) is 0 Å². The van der Waals surface area contributed by atoms with E-state index in [1.807, 2.05) is 0 Å². The van der Waals surface area contributed by atoms with Crippen molar-refractivity contribution < 1.29 is 4.79 Å². The molecule has 1 saturated heterocycles. The second-order valence-electron chi connectivity index (χ2n) is 8.12. The Bertz CT molecular complexity index is 435. The number of rotatable bonds is 6. The van der Waals surface area contributed by atoms with Crippen LogP contribution in [0.5, 0.6) is 0 Å². The Kier molecular flexibility index (Phi) is 8.00. The van der Waals surface area contributed by atoms with Gasteiger partial charge in [-0.05, 0) is 31.6 Å². The topological polar surface area (TPSA) is 60.0 Å². The highest BCUT2D eigenvalue weighted by molar-refractivity contribution is 5.84. The van der Waals surface area contributed by atoms with Crippen LogP contribution in [0, 0.1) is 5.92 Å². The molecule has 1 saturated carbocycles. The van der Waals surface area contributed by atoms with Crippen LogP contribution in [0.4, 0.5) is 0 Å². The molecule has 25 heavy (non-hydrogen) atoms. The third-order valence-corrected chi connectivity index (χ3v) is 5.26. The van der Waals surface area contributed by atoms with Gasteiger partial charge in [0, 0.05) is 45.8 Å². The van der Waals surface area contributed by atoms with Crippen molar-refractivity contribution in [2.24, 2.45) is 10.9 Å². The normalized spacial score (nSPS) is 20.9. The van der Waals surface area contributed by atoms with Gasteiger partial charge in [0.25, 0.3) is 0 Å². The lowest BCUT2D eigenvalue weighted by molar-refractivity contribution is -0.127. The summed E-state index contributed by atoms with van der Waals surface area (Å²) in [5.41, 5.74) is 0. The summed E-state index contributed by atoms with van der Waals surface area (Å²) >= 11 is 0. The summed E-state index contributed by atoms with van der Waals surface area (Å²) in [6.07, 6.45) is 7.87. The Hall–Kier alpha value is -1.30. The van der Waals surface area contributed by atoms with Gasteiger partial charge in [-0.25, -0.2) is 4.99 Å². The van der Waals surface area contributed by atoms with Crippen molar-refractivity contribution in [2.45, 2.75) is 64.5 Å². The van der Waals surface area contributed by atoms with Gasteiger partial charge in [0.05, 0.1) is 0 Å². The van der Waals surface area contributed by atoms with Gasteiger partial charge >= 0.3 is 0 Å². The van der Waals surface area contributed by atoms with Crippen molar-refractivity contribution >= 4 is 11.9 Å². The molecule has 1 aliphatic heterocycles. The molecule has 0 radical (unpaired) electrons. The molecule has 6 nitrogen and oxygen atoms in total. The number of guanidine groups is 1. The van der Waals surface area contributed by atoms with Gasteiger partial charge < -0.3 is 20.4 Å². The molecule has 1 heterocycles. The van der Waals surface area contributed by atoms with Gasteiger partial charge in [0.15, 0.2) is 5.96 Å². The zero-order chi connectivity index (χ0) is 18.2. The minimum atomic E-state index is 0.0294. The van der Waals surface area contributed by atoms with Crippen LogP contribution < -0.4 is 10.6 Å². The maximum Gasteiger partial charge on any atom is 0.243 e. The summed E-state index contributed by atoms with van der Waals surface area (Å²) in [6, 6.07) is 1.27. The molecular weight excluding hydrogens is 314 g/mol. The van der Waals surface area contributed by atoms with Gasteiger partial charge in [0.1, 0.15) is 6.54 Å². The predicted octanol–water partition coefficient (Wildman–Crippen LogP) is 1.67. The first-order valence-electron chi connectivity index (χ1n) is 9.94. The second kappa shape index (κ2) is 10.00. The Morgan fingerprint density at radius 2 is 1.80 bits per heavy atom. The fourth-order valence-corrected chi connectivity index (χ4v) is 3.61. The first kappa shape index (κ1) is 20.0. The van der Waals surface area contributed by atoms with E-state index in [1.54, 1.807) is 19.0 Å². The lowest BCUT2D eigenvalue weighted by atomic mass is 10.0. The molecule has 2 fully saturated rings. The molecule has 2 N–H and O–H groups in total. The standard InChI is InChI=1S/C19H37N5O/c1-15(2)13-20-19(21-14-18(25)23(3)4)22-16-9-11-24(12-10-16)17-7-5-6-8-17/h15-17H,5-14H2,1-4H3,(H2,20,21,22). The Balaban J connectivity index is 1.83. The number of likely N-dealkylation sites (tertiary alicyclic amines) is 1. The number of aliphatic imine (C=N–C) groups is 1. The van der Waals surface area contributed by atoms with Crippen LogP contribution >= 0.6 is 0 Å². The zero-order valence-corrected chi connectivity index (χ0v) is 16.6. The Morgan fingerprint density at radius 1 is 1.16 bits per heavy atom. The molecule has 0 aromatic heterocycles. The maximum absolute atomic E-state index is 11.8. The minimum Gasteiger partial charge on any atom is -0.356 e. The van der Waals surface area contributed by atoms with Gasteiger partial charge in [-0.1, -0.05) is 26.7 Å². The molecular formula is C19H37N5O. The number of nitrogens with one attached hydrogen (secondary N) is 2. The summed E-state index contributed by atoms with van der Waals surface area (Å²) in [5.74, 6) is 1.35. The monoisotopic (exact) mass is 351 g/mol. The minimum absolute atomic E-state index is 0.0294. The number of piperidine rings is 1. The summed E-state index contributed by atoms with van der Waals surface area (Å²) in [7, 11) is 3.54. The fraction of sp³-hybridized carbons (Fsp3) is 0.895. The highest BCUT2D eigenvalue weighted by Gasteiger charge is 2.27. The highest BCUT2D eigenvalue weighted by atomic mass is 16.2. The van der Waals surface area contributed by atoms with Crippen molar-refractivity contribution in [3.63, 3.8) is 0 Å². The van der Waals surface area contributed by atoms with Crippen LogP contribution in [0.25, 0.3) is 0 Å². The summed E-state index contributed by atoms with van der Waals surface area (Å²) < 4.78 is 0. The molecule has 0 aromatic carbocycles. The summed E-state index contributed by atoms with van der Waals surface area (Å²) in [5, 5.41) is 6.94. The maximum atomic E-state index is 11.8. The average Bonchev–Trinajstić information content (AvgIpc) is 3.12. The van der Waals surface area contributed by atoms with Crippen molar-refractivity contribution in [1.29, 1.82) is 0 Å². The van der Waals surface area contributed by atoms with Crippen LogP contribution in [-0.4, -0.2) is 74.0 Å². The molecule has 0 spiro atoms. The number of amides is 1. The zero-order valence-electron chi connectivity index (χ0n) is 16.6. The lowest BCUT2D eigenvalue weighted by Crippen LogP contribution is -2.51. The molecule has 0 unspecified atom stereocenters. The number of nitrogens with zero attached hydrogens (tertiary/aromatic N) is 3. The van der Waals surface area contributed by atoms with Crippen molar-refractivity contribution in [3.05, 3.63) is 0 Å². The molecule has 1 aliphatic carbocycles. The van der Waals surface area contributed by atoms with E-state index in [1.165, 1.54) is 38.8 Å². The predicted molar refractivity (Wildman–Crippen MR) is 104 cm³/mol. The van der Waals surface area contributed by atoms with Crippen LogP contribution in [-0.2, 0) is 4.79 Å². The van der Waals surface area contributed by atoms with Crippen molar-refractivity contribution in [1.82, 2.24) is 20.4 Å². The van der Waals surface area contributed by atoms with E-state index in [4.69, 9.17) is 0 Å². The van der Waals surface area contributed by atoms with Crippen molar-refractivity contribution in [3.8, 4) is 0 Å². The largest absolute Gasteiger partial charge is 0.356 e. The van der Waals surface area contributed by atoms with E-state index in [9.17, 15) is 4.79 Å². The smallest absolute Gasteiger partial charge is 0.243 e. The van der Waals surface area contributed by atoms with Crippen molar-refractivity contribution in [2.75, 3.05) is 40.3 Å². The van der Waals surface area contributed by atoms with E-state index >= 15 is 0 Å². The average molecular weight is 352 g/mol. The molecule has 0 atom stereocenters.